The molecule has 168 valence electrons. The van der Waals surface area contributed by atoms with E-state index >= 15 is 0 Å². The van der Waals surface area contributed by atoms with Crippen molar-refractivity contribution in [2.75, 3.05) is 6.54 Å². The van der Waals surface area contributed by atoms with E-state index in [0.29, 0.717) is 6.54 Å². The summed E-state index contributed by atoms with van der Waals surface area (Å²) in [6.45, 7) is 16.5. The Morgan fingerprint density at radius 2 is 1.90 bits per heavy atom. The Kier molecular flexibility index (Phi) is 12.0. The average Bonchev–Trinajstić information content (AvgIpc) is 3.23. The Hall–Kier alpha value is -2.30. The molecule has 1 aromatic rings. The molecule has 0 saturated carbocycles. The van der Waals surface area contributed by atoms with E-state index in [1.54, 1.807) is 18.3 Å². The first-order chi connectivity index (χ1) is 14.8. The molecule has 0 atom stereocenters. The lowest BCUT2D eigenvalue weighted by atomic mass is 9.94. The second-order valence-corrected chi connectivity index (χ2v) is 8.50. The predicted octanol–water partition coefficient (Wildman–Crippen LogP) is 7.45. The fraction of sp³-hybridized carbons (Fsp3) is 0.407. The molecular weight excluding hydrogens is 400 g/mol. The maximum atomic E-state index is 12.0. The number of unbranched alkanes of at least 4 members (excludes halogenated alkanes) is 1. The molecule has 0 radical (unpaired) electrons. The van der Waals surface area contributed by atoms with Gasteiger partial charge in [-0.2, -0.15) is 0 Å². The second-order valence-electron chi connectivity index (χ2n) is 7.64. The number of aromatic nitrogens is 1. The zero-order valence-electron chi connectivity index (χ0n) is 20.0. The predicted molar refractivity (Wildman–Crippen MR) is 138 cm³/mol. The Bertz CT molecular complexity index is 923. The van der Waals surface area contributed by atoms with Crippen molar-refractivity contribution >= 4 is 28.3 Å². The van der Waals surface area contributed by atoms with Crippen LogP contribution in [0.4, 0.5) is 0 Å². The van der Waals surface area contributed by atoms with Gasteiger partial charge in [0.2, 0.25) is 0 Å². The van der Waals surface area contributed by atoms with Crippen LogP contribution in [0.25, 0.3) is 11.1 Å². The summed E-state index contributed by atoms with van der Waals surface area (Å²) in [5.74, 6) is 0.0861. The van der Waals surface area contributed by atoms with Crippen LogP contribution in [0.15, 0.2) is 64.6 Å². The number of nitrogens with two attached hydrogens (primary N) is 1. The van der Waals surface area contributed by atoms with Crippen LogP contribution in [0.5, 0.6) is 0 Å². The monoisotopic (exact) mass is 438 g/mol. The van der Waals surface area contributed by atoms with Crippen molar-refractivity contribution in [1.29, 1.82) is 0 Å². The molecule has 1 heterocycles. The number of nitrogens with zero attached hydrogens (tertiary/aromatic N) is 1. The fourth-order valence-corrected chi connectivity index (χ4v) is 4.04. The van der Waals surface area contributed by atoms with Crippen LogP contribution < -0.4 is 5.73 Å². The lowest BCUT2D eigenvalue weighted by Crippen LogP contribution is -2.02. The van der Waals surface area contributed by atoms with Crippen molar-refractivity contribution in [2.45, 2.75) is 67.2 Å². The number of hydrogen-bond acceptors (Lipinski definition) is 4. The van der Waals surface area contributed by atoms with Crippen LogP contribution in [-0.4, -0.2) is 17.3 Å². The highest BCUT2D eigenvalue weighted by Gasteiger charge is 2.14. The molecule has 0 aliphatic heterocycles. The van der Waals surface area contributed by atoms with Crippen molar-refractivity contribution < 1.29 is 4.79 Å². The highest BCUT2D eigenvalue weighted by atomic mass is 32.1. The molecule has 4 heteroatoms. The van der Waals surface area contributed by atoms with Crippen molar-refractivity contribution in [3.05, 3.63) is 75.3 Å². The minimum Gasteiger partial charge on any atom is -0.326 e. The van der Waals surface area contributed by atoms with Gasteiger partial charge >= 0.3 is 0 Å². The van der Waals surface area contributed by atoms with E-state index in [0.717, 1.165) is 64.3 Å². The average molecular weight is 439 g/mol. The molecule has 0 saturated heterocycles. The molecule has 0 aromatic carbocycles. The Morgan fingerprint density at radius 1 is 1.19 bits per heavy atom. The quantitative estimate of drug-likeness (QED) is 0.272. The zero-order valence-corrected chi connectivity index (χ0v) is 20.9. The van der Waals surface area contributed by atoms with Crippen LogP contribution in [0.1, 0.15) is 77.9 Å². The SMILES string of the molecule is C=C\C(=C/C(=C(\C)CCC)C(=C\C)/c1csc(/C(C)=C/C(=C\CCC)C(C)=O)n1)CN. The van der Waals surface area contributed by atoms with Gasteiger partial charge in [0.05, 0.1) is 5.69 Å². The van der Waals surface area contributed by atoms with Crippen LogP contribution in [-0.2, 0) is 4.79 Å². The number of allylic oxidation sites excluding steroid dienone is 9. The number of carbonyl (C=O) groups excluding carboxylic acids is 1. The topological polar surface area (TPSA) is 56.0 Å². The number of carbonyl (C=O) groups is 1. The normalized spacial score (nSPS) is 14.5. The van der Waals surface area contributed by atoms with Crippen molar-refractivity contribution in [1.82, 2.24) is 4.98 Å². The van der Waals surface area contributed by atoms with Gasteiger partial charge in [-0.1, -0.05) is 57.1 Å². The fourth-order valence-electron chi connectivity index (χ4n) is 3.25. The maximum absolute atomic E-state index is 12.0. The van der Waals surface area contributed by atoms with E-state index in [-0.39, 0.29) is 5.78 Å². The number of thiazole rings is 1. The van der Waals surface area contributed by atoms with Gasteiger partial charge < -0.3 is 5.73 Å². The maximum Gasteiger partial charge on any atom is 0.159 e. The minimum absolute atomic E-state index is 0.0861. The molecule has 1 aromatic heterocycles. The zero-order chi connectivity index (χ0) is 23.4. The van der Waals surface area contributed by atoms with Crippen molar-refractivity contribution in [3.63, 3.8) is 0 Å². The molecule has 0 aliphatic carbocycles. The van der Waals surface area contributed by atoms with Crippen LogP contribution in [0, 0.1) is 0 Å². The first-order valence-corrected chi connectivity index (χ1v) is 12.0. The summed E-state index contributed by atoms with van der Waals surface area (Å²) >= 11 is 1.60. The lowest BCUT2D eigenvalue weighted by molar-refractivity contribution is -0.113. The molecule has 0 spiro atoms. The number of rotatable bonds is 12. The number of ketones is 1. The Morgan fingerprint density at radius 3 is 2.42 bits per heavy atom. The molecule has 3 nitrogen and oxygen atoms in total. The van der Waals surface area contributed by atoms with Gasteiger partial charge in [-0.15, -0.1) is 11.3 Å². The molecule has 31 heavy (non-hydrogen) atoms. The number of hydrogen-bond donors (Lipinski definition) is 1. The van der Waals surface area contributed by atoms with E-state index in [1.165, 1.54) is 5.57 Å². The van der Waals surface area contributed by atoms with Crippen molar-refractivity contribution in [2.24, 2.45) is 5.73 Å². The van der Waals surface area contributed by atoms with E-state index in [9.17, 15) is 4.79 Å². The smallest absolute Gasteiger partial charge is 0.159 e. The third-order valence-corrected chi connectivity index (χ3v) is 6.02. The van der Waals surface area contributed by atoms with Gasteiger partial charge in [0, 0.05) is 23.1 Å². The third-order valence-electron chi connectivity index (χ3n) is 5.04. The molecule has 2 N–H and O–H groups in total. The minimum atomic E-state index is 0.0861. The van der Waals surface area contributed by atoms with Gasteiger partial charge in [-0.05, 0) is 69.4 Å². The molecule has 1 rings (SSSR count). The molecule has 0 amide bonds. The summed E-state index contributed by atoms with van der Waals surface area (Å²) in [5, 5.41) is 3.02. The van der Waals surface area contributed by atoms with E-state index in [2.05, 4.69) is 44.9 Å². The Labute approximate surface area is 192 Å². The summed E-state index contributed by atoms with van der Waals surface area (Å²) in [6, 6.07) is 0. The lowest BCUT2D eigenvalue weighted by Gasteiger charge is -2.13. The first-order valence-electron chi connectivity index (χ1n) is 11.1. The third kappa shape index (κ3) is 8.04. The van der Waals surface area contributed by atoms with Crippen molar-refractivity contribution in [3.8, 4) is 0 Å². The summed E-state index contributed by atoms with van der Waals surface area (Å²) in [6.07, 6.45) is 14.0. The standard InChI is InChI=1S/C27H38N2OS/c1-8-12-14-23(21(7)30)15-20(6)27-29-26(18-31-27)24(11-4)25(19(5)13-9-2)16-22(10-3)17-28/h10-11,14-16,18H,3,8-9,12-13,17,28H2,1-2,4-7H3/b20-15+,22-16+,23-14+,24-11+,25-19-. The van der Waals surface area contributed by atoms with Gasteiger partial charge in [0.25, 0.3) is 0 Å². The highest BCUT2D eigenvalue weighted by Crippen LogP contribution is 2.32. The molecule has 0 fully saturated rings. The summed E-state index contributed by atoms with van der Waals surface area (Å²) in [4.78, 5) is 16.9. The molecular formula is C27H38N2OS. The Balaban J connectivity index is 3.43. The van der Waals surface area contributed by atoms with Gasteiger partial charge in [-0.3, -0.25) is 4.79 Å². The van der Waals surface area contributed by atoms with Crippen LogP contribution >= 0.6 is 11.3 Å². The first kappa shape index (κ1) is 26.7. The highest BCUT2D eigenvalue weighted by molar-refractivity contribution is 7.10. The van der Waals surface area contributed by atoms with Gasteiger partial charge in [0.1, 0.15) is 5.01 Å². The molecule has 0 unspecified atom stereocenters. The number of Topliss-reactive ketones (excluding diaryl/α,β-unsaturated/α-hetero) is 1. The van der Waals surface area contributed by atoms with E-state index in [4.69, 9.17) is 10.7 Å². The summed E-state index contributed by atoms with van der Waals surface area (Å²) in [7, 11) is 0. The molecule has 0 bridgehead atoms. The largest absolute Gasteiger partial charge is 0.326 e. The summed E-state index contributed by atoms with van der Waals surface area (Å²) < 4.78 is 0. The second kappa shape index (κ2) is 13.9. The van der Waals surface area contributed by atoms with Gasteiger partial charge in [0.15, 0.2) is 5.78 Å². The van der Waals surface area contributed by atoms with Crippen LogP contribution in [0.3, 0.4) is 0 Å². The van der Waals surface area contributed by atoms with Crippen LogP contribution in [0.2, 0.25) is 0 Å². The molecule has 0 aliphatic rings. The van der Waals surface area contributed by atoms with Gasteiger partial charge in [-0.25, -0.2) is 4.98 Å². The van der Waals surface area contributed by atoms with E-state index in [1.807, 2.05) is 32.1 Å². The summed E-state index contributed by atoms with van der Waals surface area (Å²) in [5.41, 5.74) is 13.2. The van der Waals surface area contributed by atoms with E-state index < -0.39 is 0 Å².